The lowest BCUT2D eigenvalue weighted by molar-refractivity contribution is 0.304. The molecule has 1 fully saturated rings. The molecule has 2 aromatic heterocycles. The molecule has 1 aliphatic carbocycles. The van der Waals surface area contributed by atoms with E-state index in [9.17, 15) is 0 Å². The van der Waals surface area contributed by atoms with E-state index in [0.29, 0.717) is 12.5 Å². The Balaban J connectivity index is 1.62. The summed E-state index contributed by atoms with van der Waals surface area (Å²) in [5.41, 5.74) is 4.42. The minimum absolute atomic E-state index is 0.538. The first-order valence-electron chi connectivity index (χ1n) is 7.42. The maximum absolute atomic E-state index is 6.05. The summed E-state index contributed by atoms with van der Waals surface area (Å²) >= 11 is 6.05. The van der Waals surface area contributed by atoms with E-state index in [1.54, 1.807) is 6.33 Å². The molecule has 3 aromatic rings. The van der Waals surface area contributed by atoms with Gasteiger partial charge in [-0.2, -0.15) is 0 Å². The van der Waals surface area contributed by atoms with Crippen molar-refractivity contribution in [2.24, 2.45) is 0 Å². The average molecular weight is 314 g/mol. The van der Waals surface area contributed by atoms with Gasteiger partial charge < -0.3 is 4.74 Å². The first-order valence-corrected chi connectivity index (χ1v) is 7.79. The predicted octanol–water partition coefficient (Wildman–Crippen LogP) is 4.15. The van der Waals surface area contributed by atoms with Gasteiger partial charge >= 0.3 is 0 Å². The van der Waals surface area contributed by atoms with Crippen LogP contribution in [0.25, 0.3) is 5.65 Å². The van der Waals surface area contributed by atoms with Gasteiger partial charge in [-0.25, -0.2) is 0 Å². The van der Waals surface area contributed by atoms with Crippen LogP contribution >= 0.6 is 11.6 Å². The number of aryl methyl sites for hydroxylation is 1. The third-order valence-corrected chi connectivity index (χ3v) is 4.52. The molecule has 0 N–H and O–H groups in total. The number of nitrogens with zero attached hydrogens (tertiary/aromatic N) is 3. The number of fused-ring (bicyclic) bond motifs is 1. The molecule has 22 heavy (non-hydrogen) atoms. The Morgan fingerprint density at radius 2 is 2.18 bits per heavy atom. The fourth-order valence-electron chi connectivity index (χ4n) is 2.68. The van der Waals surface area contributed by atoms with Crippen LogP contribution < -0.4 is 4.74 Å². The zero-order valence-electron chi connectivity index (χ0n) is 12.3. The van der Waals surface area contributed by atoms with Gasteiger partial charge in [0.05, 0.1) is 0 Å². The van der Waals surface area contributed by atoms with E-state index in [1.807, 2.05) is 29.5 Å². The Bertz CT molecular complexity index is 839. The molecule has 0 saturated heterocycles. The van der Waals surface area contributed by atoms with E-state index in [4.69, 9.17) is 16.3 Å². The highest BCUT2D eigenvalue weighted by atomic mass is 35.5. The number of rotatable bonds is 4. The van der Waals surface area contributed by atoms with Crippen molar-refractivity contribution >= 4 is 17.2 Å². The lowest BCUT2D eigenvalue weighted by Crippen LogP contribution is -2.02. The van der Waals surface area contributed by atoms with Crippen LogP contribution in [0.3, 0.4) is 0 Å². The fourth-order valence-corrected chi connectivity index (χ4v) is 2.80. The number of hydrogen-bond donors (Lipinski definition) is 0. The summed E-state index contributed by atoms with van der Waals surface area (Å²) in [7, 11) is 0. The molecular weight excluding hydrogens is 298 g/mol. The van der Waals surface area contributed by atoms with Gasteiger partial charge in [0.2, 0.25) is 0 Å². The second kappa shape index (κ2) is 5.29. The highest BCUT2D eigenvalue weighted by Crippen LogP contribution is 2.42. The SMILES string of the molecule is Cc1cc(OCc2cc3nncn3cc2C2CC2)ccc1Cl. The Morgan fingerprint density at radius 1 is 1.32 bits per heavy atom. The summed E-state index contributed by atoms with van der Waals surface area (Å²) in [6, 6.07) is 7.82. The first-order chi connectivity index (χ1) is 10.7. The van der Waals surface area contributed by atoms with Crippen molar-refractivity contribution in [1.29, 1.82) is 0 Å². The van der Waals surface area contributed by atoms with Gasteiger partial charge in [0, 0.05) is 11.2 Å². The van der Waals surface area contributed by atoms with E-state index >= 15 is 0 Å². The normalized spacial score (nSPS) is 14.5. The van der Waals surface area contributed by atoms with E-state index in [-0.39, 0.29) is 0 Å². The van der Waals surface area contributed by atoms with Gasteiger partial charge in [0.15, 0.2) is 5.65 Å². The Kier molecular flexibility index (Phi) is 3.26. The predicted molar refractivity (Wildman–Crippen MR) is 85.5 cm³/mol. The largest absolute Gasteiger partial charge is 0.489 e. The highest BCUT2D eigenvalue weighted by Gasteiger charge is 2.27. The second-order valence-electron chi connectivity index (χ2n) is 5.82. The molecule has 1 aliphatic rings. The number of ether oxygens (including phenoxy) is 1. The summed E-state index contributed by atoms with van der Waals surface area (Å²) in [6.07, 6.45) is 6.38. The van der Waals surface area contributed by atoms with E-state index in [2.05, 4.69) is 22.5 Å². The molecule has 1 aromatic carbocycles. The molecule has 112 valence electrons. The molecule has 5 heteroatoms. The molecule has 0 spiro atoms. The third-order valence-electron chi connectivity index (χ3n) is 4.09. The molecule has 0 atom stereocenters. The Morgan fingerprint density at radius 3 is 2.95 bits per heavy atom. The monoisotopic (exact) mass is 313 g/mol. The summed E-state index contributed by atoms with van der Waals surface area (Å²) in [5.74, 6) is 1.49. The van der Waals surface area contributed by atoms with Crippen molar-refractivity contribution in [2.45, 2.75) is 32.3 Å². The zero-order valence-corrected chi connectivity index (χ0v) is 13.0. The van der Waals surface area contributed by atoms with Crippen molar-refractivity contribution in [3.8, 4) is 5.75 Å². The molecule has 0 unspecified atom stereocenters. The van der Waals surface area contributed by atoms with Crippen LogP contribution in [0.2, 0.25) is 5.02 Å². The van der Waals surface area contributed by atoms with Crippen molar-refractivity contribution in [2.75, 3.05) is 0 Å². The van der Waals surface area contributed by atoms with Crippen molar-refractivity contribution in [1.82, 2.24) is 14.6 Å². The molecule has 0 radical (unpaired) electrons. The molecule has 4 rings (SSSR count). The van der Waals surface area contributed by atoms with Gasteiger partial charge in [0.1, 0.15) is 18.7 Å². The van der Waals surface area contributed by atoms with E-state index in [1.165, 1.54) is 24.0 Å². The number of benzene rings is 1. The van der Waals surface area contributed by atoms with Gasteiger partial charge in [-0.3, -0.25) is 4.40 Å². The molecule has 0 amide bonds. The lowest BCUT2D eigenvalue weighted by atomic mass is 10.1. The standard InChI is InChI=1S/C17H16ClN3O/c1-11-6-14(4-5-16(11)18)22-9-13-7-17-20-19-10-21(17)8-15(13)12-2-3-12/h4-8,10,12H,2-3,9H2,1H3. The number of aromatic nitrogens is 3. The van der Waals surface area contributed by atoms with Crippen molar-refractivity contribution < 1.29 is 4.74 Å². The maximum atomic E-state index is 6.05. The van der Waals surface area contributed by atoms with Crippen molar-refractivity contribution in [3.05, 3.63) is 58.5 Å². The van der Waals surface area contributed by atoms with Gasteiger partial charge in [-0.15, -0.1) is 10.2 Å². The maximum Gasteiger partial charge on any atom is 0.160 e. The van der Waals surface area contributed by atoms with Crippen LogP contribution in [0.15, 0.2) is 36.8 Å². The van der Waals surface area contributed by atoms with Crippen LogP contribution in [0.4, 0.5) is 0 Å². The second-order valence-corrected chi connectivity index (χ2v) is 6.23. The van der Waals surface area contributed by atoms with E-state index in [0.717, 1.165) is 22.0 Å². The number of halogens is 1. The Hall–Kier alpha value is -2.07. The molecule has 2 heterocycles. The summed E-state index contributed by atoms with van der Waals surface area (Å²) in [4.78, 5) is 0. The summed E-state index contributed by atoms with van der Waals surface area (Å²) in [5, 5.41) is 8.84. The quantitative estimate of drug-likeness (QED) is 0.726. The van der Waals surface area contributed by atoms with Crippen LogP contribution in [-0.2, 0) is 6.61 Å². The highest BCUT2D eigenvalue weighted by molar-refractivity contribution is 6.31. The molecule has 0 bridgehead atoms. The minimum atomic E-state index is 0.538. The van der Waals surface area contributed by atoms with Gasteiger partial charge in [0.25, 0.3) is 0 Å². The van der Waals surface area contributed by atoms with E-state index < -0.39 is 0 Å². The summed E-state index contributed by atoms with van der Waals surface area (Å²) < 4.78 is 7.93. The Labute approximate surface area is 133 Å². The summed E-state index contributed by atoms with van der Waals surface area (Å²) in [6.45, 7) is 2.52. The first kappa shape index (κ1) is 13.6. The van der Waals surface area contributed by atoms with Crippen LogP contribution in [0, 0.1) is 6.92 Å². The van der Waals surface area contributed by atoms with Gasteiger partial charge in [-0.1, -0.05) is 11.6 Å². The molecule has 4 nitrogen and oxygen atoms in total. The smallest absolute Gasteiger partial charge is 0.160 e. The zero-order chi connectivity index (χ0) is 15.1. The molecule has 0 aliphatic heterocycles. The fraction of sp³-hybridized carbons (Fsp3) is 0.294. The van der Waals surface area contributed by atoms with Crippen LogP contribution in [-0.4, -0.2) is 14.6 Å². The average Bonchev–Trinajstić information content (AvgIpc) is 3.26. The van der Waals surface area contributed by atoms with Crippen LogP contribution in [0.1, 0.15) is 35.4 Å². The number of hydrogen-bond acceptors (Lipinski definition) is 3. The number of pyridine rings is 1. The topological polar surface area (TPSA) is 39.4 Å². The molecule has 1 saturated carbocycles. The van der Waals surface area contributed by atoms with Gasteiger partial charge in [-0.05, 0) is 66.6 Å². The minimum Gasteiger partial charge on any atom is -0.489 e. The third kappa shape index (κ3) is 2.55. The van der Waals surface area contributed by atoms with Crippen LogP contribution in [0.5, 0.6) is 5.75 Å². The lowest BCUT2D eigenvalue weighted by Gasteiger charge is -2.12. The molecular formula is C17H16ClN3O. The van der Waals surface area contributed by atoms with Crippen molar-refractivity contribution in [3.63, 3.8) is 0 Å².